The Hall–Kier alpha value is -2.49. The lowest BCUT2D eigenvalue weighted by molar-refractivity contribution is -0.142. The van der Waals surface area contributed by atoms with Crippen molar-refractivity contribution in [1.82, 2.24) is 10.2 Å². The van der Waals surface area contributed by atoms with Gasteiger partial charge in [-0.2, -0.15) is 0 Å². The van der Waals surface area contributed by atoms with Gasteiger partial charge in [-0.25, -0.2) is 8.42 Å². The van der Waals surface area contributed by atoms with Crippen molar-refractivity contribution in [2.45, 2.75) is 65.1 Å². The summed E-state index contributed by atoms with van der Waals surface area (Å²) in [6.45, 7) is 7.67. The molecule has 0 bridgehead atoms. The fraction of sp³-hybridized carbons (Fsp3) is 0.481. The molecule has 210 valence electrons. The molecule has 0 aliphatic carbocycles. The first-order valence-corrected chi connectivity index (χ1v) is 14.9. The molecule has 2 rings (SSSR count). The van der Waals surface area contributed by atoms with E-state index >= 15 is 0 Å². The number of hydrogen-bond acceptors (Lipinski definition) is 5. The summed E-state index contributed by atoms with van der Waals surface area (Å²) in [7, 11) is -2.06. The minimum absolute atomic E-state index is 0.0344. The molecule has 0 spiro atoms. The van der Waals surface area contributed by atoms with E-state index in [0.717, 1.165) is 6.26 Å². The number of anilines is 1. The molecule has 0 heterocycles. The third-order valence-corrected chi connectivity index (χ3v) is 7.53. The summed E-state index contributed by atoms with van der Waals surface area (Å²) in [5.74, 6) is 0.0533. The second kappa shape index (κ2) is 13.5. The van der Waals surface area contributed by atoms with Crippen molar-refractivity contribution in [2.24, 2.45) is 0 Å². The number of carbonyl (C=O) groups excluding carboxylic acids is 2. The molecule has 2 aromatic carbocycles. The van der Waals surface area contributed by atoms with Gasteiger partial charge in [0.1, 0.15) is 11.8 Å². The molecule has 0 radical (unpaired) electrons. The normalized spacial score (nSPS) is 12.5. The summed E-state index contributed by atoms with van der Waals surface area (Å²) in [5, 5.41) is 3.81. The lowest BCUT2D eigenvalue weighted by Crippen LogP contribution is -2.53. The summed E-state index contributed by atoms with van der Waals surface area (Å²) in [5.41, 5.74) is 0.648. The van der Waals surface area contributed by atoms with Crippen LogP contribution in [-0.2, 0) is 26.2 Å². The molecular weight excluding hydrogens is 549 g/mol. The molecule has 0 saturated carbocycles. The fourth-order valence-electron chi connectivity index (χ4n) is 3.96. The van der Waals surface area contributed by atoms with Gasteiger partial charge in [-0.05, 0) is 75.6 Å². The first-order chi connectivity index (χ1) is 17.7. The molecule has 2 aromatic rings. The Kier molecular flexibility index (Phi) is 11.3. The van der Waals surface area contributed by atoms with E-state index in [1.807, 2.05) is 27.7 Å². The number of hydrogen-bond donors (Lipinski definition) is 1. The van der Waals surface area contributed by atoms with E-state index < -0.39 is 21.6 Å². The third-order valence-electron chi connectivity index (χ3n) is 5.75. The number of methoxy groups -OCH3 is 1. The smallest absolute Gasteiger partial charge is 0.243 e. The highest BCUT2D eigenvalue weighted by Gasteiger charge is 2.31. The van der Waals surface area contributed by atoms with Crippen molar-refractivity contribution in [3.8, 4) is 5.75 Å². The van der Waals surface area contributed by atoms with Gasteiger partial charge in [-0.15, -0.1) is 0 Å². The fourth-order valence-corrected chi connectivity index (χ4v) is 5.39. The Morgan fingerprint density at radius 2 is 1.71 bits per heavy atom. The molecule has 0 fully saturated rings. The zero-order valence-corrected chi connectivity index (χ0v) is 25.1. The second-order valence-electron chi connectivity index (χ2n) is 10.1. The third kappa shape index (κ3) is 9.36. The van der Waals surface area contributed by atoms with Gasteiger partial charge in [0.05, 0.1) is 19.1 Å². The molecule has 0 aliphatic rings. The first kappa shape index (κ1) is 31.7. The van der Waals surface area contributed by atoms with Crippen molar-refractivity contribution < 1.29 is 22.7 Å². The van der Waals surface area contributed by atoms with Crippen LogP contribution in [0.2, 0.25) is 10.0 Å². The van der Waals surface area contributed by atoms with Crippen LogP contribution in [0.15, 0.2) is 42.5 Å². The Morgan fingerprint density at radius 1 is 1.08 bits per heavy atom. The van der Waals surface area contributed by atoms with Gasteiger partial charge < -0.3 is 15.0 Å². The Balaban J connectivity index is 2.27. The number of amides is 2. The van der Waals surface area contributed by atoms with Crippen LogP contribution in [0.25, 0.3) is 0 Å². The Bertz CT molecular complexity index is 1210. The first-order valence-electron chi connectivity index (χ1n) is 12.3. The number of sulfonamides is 1. The number of ether oxygens (including phenoxy) is 1. The maximum atomic E-state index is 13.5. The van der Waals surface area contributed by atoms with E-state index in [0.29, 0.717) is 33.5 Å². The monoisotopic (exact) mass is 585 g/mol. The average molecular weight is 587 g/mol. The minimum atomic E-state index is -3.60. The maximum absolute atomic E-state index is 13.5. The topological polar surface area (TPSA) is 96.0 Å². The van der Waals surface area contributed by atoms with Crippen LogP contribution in [0.3, 0.4) is 0 Å². The van der Waals surface area contributed by atoms with Gasteiger partial charge in [-0.1, -0.05) is 36.2 Å². The van der Waals surface area contributed by atoms with Gasteiger partial charge in [0, 0.05) is 35.1 Å². The van der Waals surface area contributed by atoms with E-state index in [1.165, 1.54) is 16.3 Å². The largest absolute Gasteiger partial charge is 0.497 e. The SMILES string of the molecule is CCC(C(=O)NC(C)(C)C)N(Cc1ccc(Cl)cc1Cl)C(=O)CCCN(c1ccc(OC)cc1)S(C)(=O)=O. The summed E-state index contributed by atoms with van der Waals surface area (Å²) < 4.78 is 31.4. The van der Waals surface area contributed by atoms with Crippen molar-refractivity contribution in [2.75, 3.05) is 24.2 Å². The Morgan fingerprint density at radius 3 is 2.21 bits per heavy atom. The second-order valence-corrected chi connectivity index (χ2v) is 12.8. The van der Waals surface area contributed by atoms with Crippen LogP contribution in [0, 0.1) is 0 Å². The van der Waals surface area contributed by atoms with Crippen LogP contribution < -0.4 is 14.4 Å². The number of carbonyl (C=O) groups is 2. The highest BCUT2D eigenvalue weighted by molar-refractivity contribution is 7.92. The zero-order valence-electron chi connectivity index (χ0n) is 22.8. The summed E-state index contributed by atoms with van der Waals surface area (Å²) >= 11 is 12.4. The van der Waals surface area contributed by atoms with E-state index in [1.54, 1.807) is 42.5 Å². The standard InChI is InChI=1S/C27H37Cl2N3O5S/c1-7-24(26(34)30-27(2,3)4)31(18-19-10-11-20(28)17-23(19)29)25(33)9-8-16-32(38(6,35)36)21-12-14-22(37-5)15-13-21/h10-15,17,24H,7-9,16,18H2,1-6H3,(H,30,34). The van der Waals surface area contributed by atoms with Crippen molar-refractivity contribution in [3.05, 3.63) is 58.1 Å². The number of rotatable bonds is 12. The van der Waals surface area contributed by atoms with Gasteiger partial charge in [-0.3, -0.25) is 13.9 Å². The van der Waals surface area contributed by atoms with Gasteiger partial charge in [0.25, 0.3) is 0 Å². The molecule has 8 nitrogen and oxygen atoms in total. The van der Waals surface area contributed by atoms with Crippen LogP contribution in [0.5, 0.6) is 5.75 Å². The molecule has 0 saturated heterocycles. The maximum Gasteiger partial charge on any atom is 0.243 e. The number of nitrogens with zero attached hydrogens (tertiary/aromatic N) is 2. The Labute approximate surface area is 236 Å². The number of benzene rings is 2. The molecular formula is C27H37Cl2N3O5S. The molecule has 0 aromatic heterocycles. The zero-order chi connectivity index (χ0) is 28.7. The van der Waals surface area contributed by atoms with E-state index in [4.69, 9.17) is 27.9 Å². The van der Waals surface area contributed by atoms with Crippen molar-refractivity contribution >= 4 is 50.7 Å². The van der Waals surface area contributed by atoms with Gasteiger partial charge >= 0.3 is 0 Å². The lowest BCUT2D eigenvalue weighted by atomic mass is 10.0. The van der Waals surface area contributed by atoms with Crippen LogP contribution >= 0.6 is 23.2 Å². The molecule has 2 amide bonds. The van der Waals surface area contributed by atoms with Crippen molar-refractivity contribution in [3.63, 3.8) is 0 Å². The predicted octanol–water partition coefficient (Wildman–Crippen LogP) is 5.27. The highest BCUT2D eigenvalue weighted by atomic mass is 35.5. The van der Waals surface area contributed by atoms with Crippen molar-refractivity contribution in [1.29, 1.82) is 0 Å². The quantitative estimate of drug-likeness (QED) is 0.366. The molecule has 1 N–H and O–H groups in total. The van der Waals surface area contributed by atoms with Crippen LogP contribution in [0.4, 0.5) is 5.69 Å². The average Bonchev–Trinajstić information content (AvgIpc) is 2.81. The number of nitrogens with one attached hydrogen (secondary N) is 1. The lowest BCUT2D eigenvalue weighted by Gasteiger charge is -2.33. The van der Waals surface area contributed by atoms with Gasteiger partial charge in [0.15, 0.2) is 0 Å². The molecule has 1 atom stereocenters. The predicted molar refractivity (Wildman–Crippen MR) is 153 cm³/mol. The summed E-state index contributed by atoms with van der Waals surface area (Å²) in [6, 6.07) is 10.9. The summed E-state index contributed by atoms with van der Waals surface area (Å²) in [6.07, 6.45) is 1.80. The van der Waals surface area contributed by atoms with Gasteiger partial charge in [0.2, 0.25) is 21.8 Å². The molecule has 38 heavy (non-hydrogen) atoms. The van der Waals surface area contributed by atoms with E-state index in [2.05, 4.69) is 5.32 Å². The molecule has 1 unspecified atom stereocenters. The van der Waals surface area contributed by atoms with Crippen LogP contribution in [0.1, 0.15) is 52.5 Å². The number of halogens is 2. The minimum Gasteiger partial charge on any atom is -0.497 e. The van der Waals surface area contributed by atoms with E-state index in [-0.39, 0.29) is 37.7 Å². The highest BCUT2D eigenvalue weighted by Crippen LogP contribution is 2.25. The molecule has 0 aliphatic heterocycles. The summed E-state index contributed by atoms with van der Waals surface area (Å²) in [4.78, 5) is 28.2. The van der Waals surface area contributed by atoms with E-state index in [9.17, 15) is 18.0 Å². The van der Waals surface area contributed by atoms with Crippen LogP contribution in [-0.4, -0.2) is 56.6 Å². The molecule has 11 heteroatoms.